The molecule has 24 heavy (non-hydrogen) atoms. The molecule has 8 nitrogen and oxygen atoms in total. The number of aryl methyl sites for hydroxylation is 2. The average molecular weight is 356 g/mol. The van der Waals surface area contributed by atoms with Crippen molar-refractivity contribution in [3.05, 3.63) is 17.0 Å². The number of nitrogens with zero attached hydrogens (tertiary/aromatic N) is 4. The Kier molecular flexibility index (Phi) is 6.22. The Morgan fingerprint density at radius 2 is 2.08 bits per heavy atom. The molecule has 2 rings (SSSR count). The van der Waals surface area contributed by atoms with Gasteiger partial charge in [-0.05, 0) is 27.2 Å². The van der Waals surface area contributed by atoms with Crippen molar-refractivity contribution in [1.29, 1.82) is 0 Å². The van der Waals surface area contributed by atoms with Crippen LogP contribution in [0.1, 0.15) is 30.3 Å². The van der Waals surface area contributed by atoms with Crippen molar-refractivity contribution in [2.45, 2.75) is 33.7 Å². The van der Waals surface area contributed by atoms with Crippen LogP contribution in [0.2, 0.25) is 0 Å². The number of sulfonamides is 1. The van der Waals surface area contributed by atoms with Gasteiger partial charge < -0.3 is 10.6 Å². The lowest BCUT2D eigenvalue weighted by atomic mass is 10.2. The Bertz CT molecular complexity index is 695. The molecular weight excluding hydrogens is 328 g/mol. The SMILES string of the molecule is CCNC(=NCc1c(C)nn(C)c1C)NCCN1CCCS1(=O)=O. The van der Waals surface area contributed by atoms with Gasteiger partial charge in [0, 0.05) is 44.5 Å². The largest absolute Gasteiger partial charge is 0.357 e. The first-order chi connectivity index (χ1) is 11.3. The highest BCUT2D eigenvalue weighted by molar-refractivity contribution is 7.89. The lowest BCUT2D eigenvalue weighted by Crippen LogP contribution is -2.42. The topological polar surface area (TPSA) is 91.6 Å². The minimum atomic E-state index is -3.04. The first-order valence-corrected chi connectivity index (χ1v) is 9.95. The fourth-order valence-corrected chi connectivity index (χ4v) is 4.32. The molecule has 2 heterocycles. The van der Waals surface area contributed by atoms with Crippen molar-refractivity contribution in [2.24, 2.45) is 12.0 Å². The van der Waals surface area contributed by atoms with Crippen LogP contribution in [0.4, 0.5) is 0 Å². The summed E-state index contributed by atoms with van der Waals surface area (Å²) >= 11 is 0. The van der Waals surface area contributed by atoms with Gasteiger partial charge in [0.25, 0.3) is 0 Å². The summed E-state index contributed by atoms with van der Waals surface area (Å²) in [6.07, 6.45) is 0.718. The number of guanidine groups is 1. The van der Waals surface area contributed by atoms with E-state index in [-0.39, 0.29) is 5.75 Å². The maximum Gasteiger partial charge on any atom is 0.214 e. The number of aliphatic imine (C=N–C) groups is 1. The lowest BCUT2D eigenvalue weighted by Gasteiger charge is -2.16. The van der Waals surface area contributed by atoms with Crippen LogP contribution < -0.4 is 10.6 Å². The zero-order chi connectivity index (χ0) is 17.7. The molecule has 1 aliphatic rings. The predicted molar refractivity (Wildman–Crippen MR) is 95.5 cm³/mol. The van der Waals surface area contributed by atoms with Gasteiger partial charge in [-0.3, -0.25) is 4.68 Å². The lowest BCUT2D eigenvalue weighted by molar-refractivity contribution is 0.445. The van der Waals surface area contributed by atoms with Gasteiger partial charge in [-0.2, -0.15) is 5.10 Å². The van der Waals surface area contributed by atoms with Crippen molar-refractivity contribution in [1.82, 2.24) is 24.7 Å². The summed E-state index contributed by atoms with van der Waals surface area (Å²) in [7, 11) is -1.11. The second-order valence-electron chi connectivity index (χ2n) is 5.96. The molecule has 0 radical (unpaired) electrons. The summed E-state index contributed by atoms with van der Waals surface area (Å²) in [5.41, 5.74) is 3.21. The molecule has 1 aromatic heterocycles. The number of aromatic nitrogens is 2. The minimum absolute atomic E-state index is 0.265. The van der Waals surface area contributed by atoms with Crippen LogP contribution in [-0.4, -0.2) is 60.4 Å². The van der Waals surface area contributed by atoms with Crippen molar-refractivity contribution >= 4 is 16.0 Å². The summed E-state index contributed by atoms with van der Waals surface area (Å²) in [6, 6.07) is 0. The van der Waals surface area contributed by atoms with E-state index in [9.17, 15) is 8.42 Å². The third-order valence-electron chi connectivity index (χ3n) is 4.26. The normalized spacial score (nSPS) is 18.1. The van der Waals surface area contributed by atoms with Crippen LogP contribution >= 0.6 is 0 Å². The van der Waals surface area contributed by atoms with Gasteiger partial charge in [-0.1, -0.05) is 0 Å². The van der Waals surface area contributed by atoms with E-state index in [4.69, 9.17) is 0 Å². The van der Waals surface area contributed by atoms with E-state index >= 15 is 0 Å². The Morgan fingerprint density at radius 3 is 2.62 bits per heavy atom. The van der Waals surface area contributed by atoms with Gasteiger partial charge in [0.15, 0.2) is 5.96 Å². The quantitative estimate of drug-likeness (QED) is 0.558. The fraction of sp³-hybridized carbons (Fsp3) is 0.733. The molecule has 1 aliphatic heterocycles. The highest BCUT2D eigenvalue weighted by atomic mass is 32.2. The Labute approximate surface area is 144 Å². The fourth-order valence-electron chi connectivity index (χ4n) is 2.79. The highest BCUT2D eigenvalue weighted by Gasteiger charge is 2.27. The van der Waals surface area contributed by atoms with E-state index in [2.05, 4.69) is 20.7 Å². The molecule has 0 bridgehead atoms. The molecule has 0 aliphatic carbocycles. The zero-order valence-electron chi connectivity index (χ0n) is 15.0. The van der Waals surface area contributed by atoms with Crippen molar-refractivity contribution in [2.75, 3.05) is 31.9 Å². The second-order valence-corrected chi connectivity index (χ2v) is 8.05. The van der Waals surface area contributed by atoms with E-state index in [1.165, 1.54) is 0 Å². The predicted octanol–water partition coefficient (Wildman–Crippen LogP) is 0.128. The first-order valence-electron chi connectivity index (χ1n) is 8.34. The zero-order valence-corrected chi connectivity index (χ0v) is 15.8. The van der Waals surface area contributed by atoms with E-state index < -0.39 is 10.0 Å². The third-order valence-corrected chi connectivity index (χ3v) is 6.21. The van der Waals surface area contributed by atoms with E-state index in [0.717, 1.165) is 29.9 Å². The van der Waals surface area contributed by atoms with Crippen LogP contribution in [0.5, 0.6) is 0 Å². The number of hydrogen-bond acceptors (Lipinski definition) is 4. The summed E-state index contributed by atoms with van der Waals surface area (Å²) in [5, 5.41) is 10.8. The summed E-state index contributed by atoms with van der Waals surface area (Å²) < 4.78 is 27.0. The molecule has 0 spiro atoms. The molecule has 2 N–H and O–H groups in total. The minimum Gasteiger partial charge on any atom is -0.357 e. The maximum absolute atomic E-state index is 11.8. The standard InChI is InChI=1S/C15H28N6O2S/c1-5-16-15(17-7-9-21-8-6-10-24(21,22)23)18-11-14-12(2)19-20(4)13(14)3/h5-11H2,1-4H3,(H2,16,17,18). The van der Waals surface area contributed by atoms with E-state index in [0.29, 0.717) is 32.1 Å². The molecule has 0 atom stereocenters. The molecule has 0 amide bonds. The molecule has 0 unspecified atom stereocenters. The van der Waals surface area contributed by atoms with E-state index in [1.54, 1.807) is 4.31 Å². The van der Waals surface area contributed by atoms with Crippen LogP contribution in [0.15, 0.2) is 4.99 Å². The van der Waals surface area contributed by atoms with Crippen molar-refractivity contribution < 1.29 is 8.42 Å². The van der Waals surface area contributed by atoms with Crippen molar-refractivity contribution in [3.8, 4) is 0 Å². The number of rotatable bonds is 6. The molecule has 1 fully saturated rings. The number of nitrogens with one attached hydrogen (secondary N) is 2. The van der Waals surface area contributed by atoms with Gasteiger partial charge in [0.2, 0.25) is 10.0 Å². The third kappa shape index (κ3) is 4.47. The summed E-state index contributed by atoms with van der Waals surface area (Å²) in [5.74, 6) is 0.956. The van der Waals surface area contributed by atoms with Gasteiger partial charge >= 0.3 is 0 Å². The Hall–Kier alpha value is -1.61. The van der Waals surface area contributed by atoms with Crippen LogP contribution in [0.25, 0.3) is 0 Å². The van der Waals surface area contributed by atoms with Crippen LogP contribution in [0, 0.1) is 13.8 Å². The summed E-state index contributed by atoms with van der Waals surface area (Å²) in [6.45, 7) is 8.93. The summed E-state index contributed by atoms with van der Waals surface area (Å²) in [4.78, 5) is 4.59. The van der Waals surface area contributed by atoms with Gasteiger partial charge in [0.1, 0.15) is 0 Å². The molecule has 0 aromatic carbocycles. The second kappa shape index (κ2) is 7.98. The molecular formula is C15H28N6O2S. The first kappa shape index (κ1) is 18.7. The van der Waals surface area contributed by atoms with Gasteiger partial charge in [-0.25, -0.2) is 17.7 Å². The monoisotopic (exact) mass is 356 g/mol. The molecule has 0 saturated carbocycles. The number of hydrogen-bond donors (Lipinski definition) is 2. The van der Waals surface area contributed by atoms with Crippen LogP contribution in [-0.2, 0) is 23.6 Å². The molecule has 1 aromatic rings. The molecule has 136 valence electrons. The van der Waals surface area contributed by atoms with Crippen molar-refractivity contribution in [3.63, 3.8) is 0 Å². The van der Waals surface area contributed by atoms with Gasteiger partial charge in [0.05, 0.1) is 18.0 Å². The Morgan fingerprint density at radius 1 is 1.33 bits per heavy atom. The molecule has 9 heteroatoms. The van der Waals surface area contributed by atoms with E-state index in [1.807, 2.05) is 32.5 Å². The maximum atomic E-state index is 11.8. The highest BCUT2D eigenvalue weighted by Crippen LogP contribution is 2.13. The molecule has 1 saturated heterocycles. The van der Waals surface area contributed by atoms with Crippen LogP contribution in [0.3, 0.4) is 0 Å². The smallest absolute Gasteiger partial charge is 0.214 e. The Balaban J connectivity index is 1.93. The van der Waals surface area contributed by atoms with Gasteiger partial charge in [-0.15, -0.1) is 0 Å². The average Bonchev–Trinajstić information content (AvgIpc) is 2.96.